The van der Waals surface area contributed by atoms with Crippen LogP contribution in [-0.4, -0.2) is 48.7 Å². The van der Waals surface area contributed by atoms with Crippen LogP contribution < -0.4 is 5.32 Å². The van der Waals surface area contributed by atoms with Crippen molar-refractivity contribution in [2.45, 2.75) is 18.9 Å². The van der Waals surface area contributed by atoms with Crippen LogP contribution in [0, 0.1) is 6.92 Å². The van der Waals surface area contributed by atoms with Crippen LogP contribution in [0.1, 0.15) is 17.2 Å². The van der Waals surface area contributed by atoms with Gasteiger partial charge in [0.15, 0.2) is 0 Å². The van der Waals surface area contributed by atoms with Crippen LogP contribution in [0.25, 0.3) is 0 Å². The fraction of sp³-hybridized carbons (Fsp3) is 0.571. The van der Waals surface area contributed by atoms with E-state index in [4.69, 9.17) is 5.11 Å². The van der Waals surface area contributed by atoms with Gasteiger partial charge in [-0.05, 0) is 24.1 Å². The molecule has 0 aromatic heterocycles. The molecule has 1 aromatic rings. The highest BCUT2D eigenvalue weighted by Crippen LogP contribution is 2.39. The summed E-state index contributed by atoms with van der Waals surface area (Å²) in [5.74, 6) is -3.17. The minimum atomic E-state index is -3.17. The number of alkyl halides is 2. The standard InChI is InChI=1S/C14H19BrF2N2O/c1-10-2-3-11(12(15)8-10)13(14(16,17)9-20)19-6-4-18-5-7-19/h2-3,8,13,18,20H,4-7,9H2,1H3/t13-/m0/s1. The molecule has 0 radical (unpaired) electrons. The monoisotopic (exact) mass is 348 g/mol. The van der Waals surface area contributed by atoms with Gasteiger partial charge in [0, 0.05) is 30.7 Å². The Hall–Kier alpha value is -0.560. The zero-order chi connectivity index (χ0) is 14.8. The smallest absolute Gasteiger partial charge is 0.289 e. The Kier molecular flexibility index (Phi) is 5.12. The van der Waals surface area contributed by atoms with Crippen LogP contribution in [0.2, 0.25) is 0 Å². The van der Waals surface area contributed by atoms with E-state index in [1.807, 2.05) is 19.1 Å². The number of aliphatic hydroxyl groups is 1. The molecule has 1 aromatic carbocycles. The number of halogens is 3. The topological polar surface area (TPSA) is 35.5 Å². The SMILES string of the molecule is Cc1ccc([C@H](N2CCNCC2)C(F)(F)CO)c(Br)c1. The molecule has 3 nitrogen and oxygen atoms in total. The predicted octanol–water partition coefficient (Wildman–Crippen LogP) is 2.33. The molecule has 0 unspecified atom stereocenters. The minimum absolute atomic E-state index is 0.525. The summed E-state index contributed by atoms with van der Waals surface area (Å²) in [6, 6.07) is 4.26. The second kappa shape index (κ2) is 6.47. The second-order valence-corrected chi connectivity index (χ2v) is 5.99. The molecule has 0 bridgehead atoms. The van der Waals surface area contributed by atoms with E-state index in [1.165, 1.54) is 0 Å². The van der Waals surface area contributed by atoms with E-state index in [-0.39, 0.29) is 0 Å². The van der Waals surface area contributed by atoms with Crippen LogP contribution in [0.15, 0.2) is 22.7 Å². The Bertz CT molecular complexity index is 464. The van der Waals surface area contributed by atoms with E-state index in [0.29, 0.717) is 36.2 Å². The van der Waals surface area contributed by atoms with Crippen LogP contribution >= 0.6 is 15.9 Å². The van der Waals surface area contributed by atoms with Crippen LogP contribution in [0.3, 0.4) is 0 Å². The van der Waals surface area contributed by atoms with Crippen molar-refractivity contribution in [1.29, 1.82) is 0 Å². The maximum Gasteiger partial charge on any atom is 0.289 e. The molecule has 1 aliphatic rings. The largest absolute Gasteiger partial charge is 0.390 e. The third-order valence-electron chi connectivity index (χ3n) is 3.58. The summed E-state index contributed by atoms with van der Waals surface area (Å²) in [6.07, 6.45) is 0. The molecule has 6 heteroatoms. The molecule has 0 aliphatic carbocycles. The lowest BCUT2D eigenvalue weighted by Gasteiger charge is -2.39. The van der Waals surface area contributed by atoms with Crippen molar-refractivity contribution in [1.82, 2.24) is 10.2 Å². The molecule has 0 amide bonds. The number of nitrogens with zero attached hydrogens (tertiary/aromatic N) is 1. The van der Waals surface area contributed by atoms with E-state index in [0.717, 1.165) is 5.56 Å². The van der Waals surface area contributed by atoms with E-state index in [1.54, 1.807) is 11.0 Å². The lowest BCUT2D eigenvalue weighted by Crippen LogP contribution is -2.51. The van der Waals surface area contributed by atoms with Gasteiger partial charge in [0.25, 0.3) is 5.92 Å². The number of benzene rings is 1. The molecule has 112 valence electrons. The highest BCUT2D eigenvalue weighted by atomic mass is 79.9. The van der Waals surface area contributed by atoms with Crippen molar-refractivity contribution in [2.75, 3.05) is 32.8 Å². The summed E-state index contributed by atoms with van der Waals surface area (Å²) in [4.78, 5) is 1.74. The van der Waals surface area contributed by atoms with Gasteiger partial charge in [-0.3, -0.25) is 4.90 Å². The van der Waals surface area contributed by atoms with Gasteiger partial charge in [0.1, 0.15) is 12.6 Å². The minimum Gasteiger partial charge on any atom is -0.390 e. The Morgan fingerprint density at radius 3 is 2.60 bits per heavy atom. The first kappa shape index (κ1) is 15.8. The fourth-order valence-electron chi connectivity index (χ4n) is 2.57. The fourth-order valence-corrected chi connectivity index (χ4v) is 3.28. The molecule has 2 N–H and O–H groups in total. The van der Waals surface area contributed by atoms with Gasteiger partial charge in [-0.25, -0.2) is 8.78 Å². The first-order valence-electron chi connectivity index (χ1n) is 6.65. The number of hydrogen-bond donors (Lipinski definition) is 2. The Morgan fingerprint density at radius 2 is 2.05 bits per heavy atom. The number of rotatable bonds is 4. The van der Waals surface area contributed by atoms with E-state index < -0.39 is 18.6 Å². The molecular formula is C14H19BrF2N2O. The molecule has 1 atom stereocenters. The molecular weight excluding hydrogens is 330 g/mol. The summed E-state index contributed by atoms with van der Waals surface area (Å²) in [5, 5.41) is 12.2. The molecule has 0 spiro atoms. The maximum absolute atomic E-state index is 14.2. The Morgan fingerprint density at radius 1 is 1.40 bits per heavy atom. The first-order valence-corrected chi connectivity index (χ1v) is 7.44. The molecule has 20 heavy (non-hydrogen) atoms. The van der Waals surface area contributed by atoms with Gasteiger partial charge in [0.05, 0.1) is 0 Å². The molecule has 1 saturated heterocycles. The van der Waals surface area contributed by atoms with Crippen LogP contribution in [-0.2, 0) is 0 Å². The summed E-state index contributed by atoms with van der Waals surface area (Å²) >= 11 is 3.38. The highest BCUT2D eigenvalue weighted by molar-refractivity contribution is 9.10. The molecule has 1 aliphatic heterocycles. The first-order chi connectivity index (χ1) is 9.45. The van der Waals surface area contributed by atoms with Crippen molar-refractivity contribution in [3.05, 3.63) is 33.8 Å². The maximum atomic E-state index is 14.2. The highest BCUT2D eigenvalue weighted by Gasteiger charge is 2.44. The van der Waals surface area contributed by atoms with E-state index >= 15 is 0 Å². The summed E-state index contributed by atoms with van der Waals surface area (Å²) in [6.45, 7) is 3.21. The third-order valence-corrected chi connectivity index (χ3v) is 4.26. The van der Waals surface area contributed by atoms with Gasteiger partial charge in [-0.15, -0.1) is 0 Å². The molecule has 2 rings (SSSR count). The van der Waals surface area contributed by atoms with Crippen molar-refractivity contribution >= 4 is 15.9 Å². The van der Waals surface area contributed by atoms with Crippen LogP contribution in [0.5, 0.6) is 0 Å². The van der Waals surface area contributed by atoms with Crippen LogP contribution in [0.4, 0.5) is 8.78 Å². The Balaban J connectivity index is 2.39. The number of aryl methyl sites for hydroxylation is 1. The lowest BCUT2D eigenvalue weighted by atomic mass is 9.97. The van der Waals surface area contributed by atoms with Gasteiger partial charge >= 0.3 is 0 Å². The number of aliphatic hydroxyl groups excluding tert-OH is 1. The number of nitrogens with one attached hydrogen (secondary N) is 1. The van der Waals surface area contributed by atoms with Crippen molar-refractivity contribution < 1.29 is 13.9 Å². The lowest BCUT2D eigenvalue weighted by molar-refractivity contribution is -0.118. The van der Waals surface area contributed by atoms with Gasteiger partial charge in [0.2, 0.25) is 0 Å². The van der Waals surface area contributed by atoms with Gasteiger partial charge in [-0.1, -0.05) is 28.1 Å². The average molecular weight is 349 g/mol. The summed E-state index contributed by atoms with van der Waals surface area (Å²) < 4.78 is 29.1. The van der Waals surface area contributed by atoms with E-state index in [2.05, 4.69) is 21.2 Å². The van der Waals surface area contributed by atoms with Gasteiger partial charge in [-0.2, -0.15) is 0 Å². The van der Waals surface area contributed by atoms with Gasteiger partial charge < -0.3 is 10.4 Å². The quantitative estimate of drug-likeness (QED) is 0.876. The number of hydrogen-bond acceptors (Lipinski definition) is 3. The summed E-state index contributed by atoms with van der Waals surface area (Å²) in [7, 11) is 0. The molecule has 0 saturated carbocycles. The normalized spacial score (nSPS) is 19.1. The zero-order valence-corrected chi connectivity index (χ0v) is 13.0. The van der Waals surface area contributed by atoms with E-state index in [9.17, 15) is 8.78 Å². The van der Waals surface area contributed by atoms with Crippen molar-refractivity contribution in [2.24, 2.45) is 0 Å². The van der Waals surface area contributed by atoms with Crippen molar-refractivity contribution in [3.8, 4) is 0 Å². The zero-order valence-electron chi connectivity index (χ0n) is 11.4. The average Bonchev–Trinajstić information content (AvgIpc) is 2.43. The number of piperazine rings is 1. The predicted molar refractivity (Wildman–Crippen MR) is 78.1 cm³/mol. The second-order valence-electron chi connectivity index (χ2n) is 5.13. The molecule has 1 fully saturated rings. The summed E-state index contributed by atoms with van der Waals surface area (Å²) in [5.41, 5.74) is 1.53. The molecule has 1 heterocycles. The Labute approximate surface area is 126 Å². The van der Waals surface area contributed by atoms with Crippen molar-refractivity contribution in [3.63, 3.8) is 0 Å². The third kappa shape index (κ3) is 3.36.